The Morgan fingerprint density at radius 1 is 1.38 bits per heavy atom. The van der Waals surface area contributed by atoms with Crippen molar-refractivity contribution in [1.82, 2.24) is 11.1 Å². The van der Waals surface area contributed by atoms with Gasteiger partial charge in [-0.2, -0.15) is 12.6 Å². The lowest BCUT2D eigenvalue weighted by Crippen LogP contribution is -2.13. The molecular formula is C4H15ClN2S. The van der Waals surface area contributed by atoms with Crippen LogP contribution in [0.5, 0.6) is 0 Å². The summed E-state index contributed by atoms with van der Waals surface area (Å²) in [7, 11) is 4.08. The van der Waals surface area contributed by atoms with Crippen LogP contribution in [0.2, 0.25) is 0 Å². The Bertz CT molecular complexity index is 35.2. The van der Waals surface area contributed by atoms with Gasteiger partial charge in [0.1, 0.15) is 0 Å². The van der Waals surface area contributed by atoms with E-state index in [9.17, 15) is 0 Å². The van der Waals surface area contributed by atoms with Gasteiger partial charge in [-0.15, -0.1) is 12.4 Å². The molecule has 0 radical (unpaired) electrons. The summed E-state index contributed by atoms with van der Waals surface area (Å²) >= 11 is 4.02. The van der Waals surface area contributed by atoms with Crippen molar-refractivity contribution in [2.24, 2.45) is 0 Å². The van der Waals surface area contributed by atoms with Gasteiger partial charge in [-0.05, 0) is 14.1 Å². The Balaban J connectivity index is -0.000000125. The third-order valence-corrected chi connectivity index (χ3v) is 0.747. The zero-order valence-electron chi connectivity index (χ0n) is 5.42. The lowest BCUT2D eigenvalue weighted by Gasteiger charge is -2.03. The van der Waals surface area contributed by atoms with E-state index in [-0.39, 0.29) is 18.6 Å². The molecule has 0 aromatic rings. The molecule has 54 valence electrons. The molecule has 0 amide bonds. The zero-order chi connectivity index (χ0) is 4.99. The molecule has 0 aliphatic rings. The first kappa shape index (κ1) is 15.8. The molecule has 8 heavy (non-hydrogen) atoms. The van der Waals surface area contributed by atoms with E-state index >= 15 is 0 Å². The Labute approximate surface area is 63.0 Å². The van der Waals surface area contributed by atoms with Crippen molar-refractivity contribution in [3.63, 3.8) is 0 Å². The Morgan fingerprint density at radius 3 is 1.75 bits per heavy atom. The van der Waals surface area contributed by atoms with Gasteiger partial charge in [-0.1, -0.05) is 0 Å². The quantitative estimate of drug-likeness (QED) is 0.590. The lowest BCUT2D eigenvalue weighted by atomic mass is 10.7. The predicted molar refractivity (Wildman–Crippen MR) is 44.7 cm³/mol. The number of hydrogen-bond acceptors (Lipinski definition) is 3. The molecule has 3 N–H and O–H groups in total. The molecule has 0 saturated carbocycles. The van der Waals surface area contributed by atoms with Crippen molar-refractivity contribution in [2.45, 2.75) is 0 Å². The minimum absolute atomic E-state index is 0. The third-order valence-electron chi connectivity index (χ3n) is 0.547. The minimum Gasteiger partial charge on any atom is -0.344 e. The molecule has 0 spiro atoms. The van der Waals surface area contributed by atoms with Gasteiger partial charge in [0, 0.05) is 12.3 Å². The monoisotopic (exact) mass is 158 g/mol. The van der Waals surface area contributed by atoms with Gasteiger partial charge in [-0.25, -0.2) is 0 Å². The van der Waals surface area contributed by atoms with Crippen LogP contribution in [0.3, 0.4) is 0 Å². The fourth-order valence-electron chi connectivity index (χ4n) is 0.200. The van der Waals surface area contributed by atoms with Crippen LogP contribution in [0.25, 0.3) is 0 Å². The summed E-state index contributed by atoms with van der Waals surface area (Å²) in [6.45, 7) is 1.07. The Hall–Kier alpha value is 0.560. The first-order valence-corrected chi connectivity index (χ1v) is 2.66. The van der Waals surface area contributed by atoms with E-state index in [0.717, 1.165) is 12.3 Å². The molecule has 0 aliphatic carbocycles. The number of rotatable bonds is 2. The number of nitrogens with zero attached hydrogens (tertiary/aromatic N) is 1. The van der Waals surface area contributed by atoms with E-state index < -0.39 is 0 Å². The molecule has 4 heteroatoms. The molecule has 0 aliphatic heterocycles. The Kier molecular flexibility index (Phi) is 20.8. The normalized spacial score (nSPS) is 7.50. The van der Waals surface area contributed by atoms with E-state index in [1.807, 2.05) is 14.1 Å². The summed E-state index contributed by atoms with van der Waals surface area (Å²) in [4.78, 5) is 2.10. The molecule has 0 saturated heterocycles. The van der Waals surface area contributed by atoms with Gasteiger partial charge in [0.2, 0.25) is 0 Å². The summed E-state index contributed by atoms with van der Waals surface area (Å²) < 4.78 is 0. The van der Waals surface area contributed by atoms with Gasteiger partial charge in [0.25, 0.3) is 0 Å². The third kappa shape index (κ3) is 16.0. The molecule has 0 aromatic carbocycles. The second kappa shape index (κ2) is 10.5. The van der Waals surface area contributed by atoms with Crippen molar-refractivity contribution in [3.8, 4) is 0 Å². The molecule has 0 unspecified atom stereocenters. The molecule has 0 bridgehead atoms. The van der Waals surface area contributed by atoms with E-state index in [4.69, 9.17) is 0 Å². The Morgan fingerprint density at radius 2 is 1.75 bits per heavy atom. The summed E-state index contributed by atoms with van der Waals surface area (Å²) in [6.07, 6.45) is 0. The number of hydrogen-bond donors (Lipinski definition) is 2. The van der Waals surface area contributed by atoms with Crippen molar-refractivity contribution in [2.75, 3.05) is 26.4 Å². The first-order chi connectivity index (χ1) is 2.77. The van der Waals surface area contributed by atoms with Gasteiger partial charge >= 0.3 is 0 Å². The maximum atomic E-state index is 4.02. The highest BCUT2D eigenvalue weighted by atomic mass is 35.5. The van der Waals surface area contributed by atoms with E-state index in [1.165, 1.54) is 0 Å². The van der Waals surface area contributed by atoms with Crippen LogP contribution < -0.4 is 6.15 Å². The van der Waals surface area contributed by atoms with Crippen molar-refractivity contribution < 1.29 is 0 Å². The van der Waals surface area contributed by atoms with Crippen LogP contribution in [-0.4, -0.2) is 31.3 Å². The van der Waals surface area contributed by atoms with Crippen LogP contribution in [0.15, 0.2) is 0 Å². The highest BCUT2D eigenvalue weighted by Crippen LogP contribution is 1.74. The standard InChI is InChI=1S/C4H11NS.ClH.H3N/c1-5(2)3-4-6;;/h6H,3-4H2,1-2H3;1H;1H3. The fourth-order valence-corrected chi connectivity index (χ4v) is 0.600. The molecule has 0 aromatic heterocycles. The fraction of sp³-hybridized carbons (Fsp3) is 1.00. The average Bonchev–Trinajstić information content (AvgIpc) is 1.35. The predicted octanol–water partition coefficient (Wildman–Crippen LogP) is 1.06. The number of halogens is 1. The van der Waals surface area contributed by atoms with Crippen LogP contribution >= 0.6 is 25.0 Å². The molecule has 2 nitrogen and oxygen atoms in total. The smallest absolute Gasteiger partial charge is 0.00637 e. The lowest BCUT2D eigenvalue weighted by molar-refractivity contribution is 0.438. The number of thiol groups is 1. The maximum absolute atomic E-state index is 4.02. The van der Waals surface area contributed by atoms with Crippen molar-refractivity contribution in [1.29, 1.82) is 0 Å². The van der Waals surface area contributed by atoms with Gasteiger partial charge in [0.05, 0.1) is 0 Å². The second-order valence-electron chi connectivity index (χ2n) is 1.53. The maximum Gasteiger partial charge on any atom is 0.00637 e. The van der Waals surface area contributed by atoms with E-state index in [1.54, 1.807) is 0 Å². The highest BCUT2D eigenvalue weighted by Gasteiger charge is 1.80. The molecular weight excluding hydrogens is 144 g/mol. The van der Waals surface area contributed by atoms with Crippen LogP contribution in [0.4, 0.5) is 0 Å². The second-order valence-corrected chi connectivity index (χ2v) is 1.97. The van der Waals surface area contributed by atoms with Crippen LogP contribution in [0.1, 0.15) is 0 Å². The van der Waals surface area contributed by atoms with Gasteiger partial charge < -0.3 is 11.1 Å². The molecule has 0 fully saturated rings. The van der Waals surface area contributed by atoms with Crippen molar-refractivity contribution in [3.05, 3.63) is 0 Å². The SMILES string of the molecule is CN(C)CCS.Cl.N. The van der Waals surface area contributed by atoms with E-state index in [0.29, 0.717) is 0 Å². The molecule has 0 atom stereocenters. The molecule has 0 rings (SSSR count). The largest absolute Gasteiger partial charge is 0.344 e. The van der Waals surface area contributed by atoms with Gasteiger partial charge in [-0.3, -0.25) is 0 Å². The summed E-state index contributed by atoms with van der Waals surface area (Å²) in [5.74, 6) is 0.951. The summed E-state index contributed by atoms with van der Waals surface area (Å²) in [5.41, 5.74) is 0. The highest BCUT2D eigenvalue weighted by molar-refractivity contribution is 7.80. The van der Waals surface area contributed by atoms with Crippen molar-refractivity contribution >= 4 is 25.0 Å². The zero-order valence-corrected chi connectivity index (χ0v) is 7.13. The average molecular weight is 159 g/mol. The van der Waals surface area contributed by atoms with Crippen LogP contribution in [-0.2, 0) is 0 Å². The first-order valence-electron chi connectivity index (χ1n) is 2.03. The molecule has 0 heterocycles. The van der Waals surface area contributed by atoms with E-state index in [2.05, 4.69) is 17.5 Å². The summed E-state index contributed by atoms with van der Waals surface area (Å²) in [5, 5.41) is 0. The minimum atomic E-state index is 0. The topological polar surface area (TPSA) is 38.2 Å². The summed E-state index contributed by atoms with van der Waals surface area (Å²) in [6, 6.07) is 0. The van der Waals surface area contributed by atoms with Gasteiger partial charge in [0.15, 0.2) is 0 Å². The van der Waals surface area contributed by atoms with Crippen LogP contribution in [0, 0.1) is 0 Å².